The van der Waals surface area contributed by atoms with Crippen LogP contribution in [0.4, 0.5) is 17.5 Å². The van der Waals surface area contributed by atoms with Crippen LogP contribution in [0.25, 0.3) is 0 Å². The van der Waals surface area contributed by atoms with Crippen molar-refractivity contribution in [1.29, 1.82) is 0 Å². The minimum absolute atomic E-state index is 0.104. The molecule has 1 saturated heterocycles. The number of aryl methyl sites for hydroxylation is 1. The van der Waals surface area contributed by atoms with E-state index in [1.165, 1.54) is 0 Å². The standard InChI is InChI=1S/C15H20ClN7O/c1-10(24)23-5-3-4-12(23)7-17-14-13(16)8-18-15(21-14)20-11-6-19-22(2)9-11/h6,8-9,12H,3-5,7H2,1-2H3,(H2,17,18,20,21). The van der Waals surface area contributed by atoms with Crippen LogP contribution in [-0.4, -0.2) is 49.7 Å². The van der Waals surface area contributed by atoms with Crippen molar-refractivity contribution >= 4 is 35.0 Å². The van der Waals surface area contributed by atoms with E-state index in [2.05, 4.69) is 25.7 Å². The monoisotopic (exact) mass is 349 g/mol. The van der Waals surface area contributed by atoms with Crippen molar-refractivity contribution in [3.8, 4) is 0 Å². The Bertz CT molecular complexity index is 732. The summed E-state index contributed by atoms with van der Waals surface area (Å²) in [6.45, 7) is 3.03. The van der Waals surface area contributed by atoms with Gasteiger partial charge in [-0.3, -0.25) is 9.48 Å². The minimum atomic E-state index is 0.104. The molecule has 1 aliphatic rings. The number of likely N-dealkylation sites (tertiary alicyclic amines) is 1. The lowest BCUT2D eigenvalue weighted by atomic mass is 10.2. The molecule has 8 nitrogen and oxygen atoms in total. The van der Waals surface area contributed by atoms with Gasteiger partial charge in [0.05, 0.1) is 18.1 Å². The molecule has 24 heavy (non-hydrogen) atoms. The van der Waals surface area contributed by atoms with Gasteiger partial charge in [0.2, 0.25) is 11.9 Å². The number of carbonyl (C=O) groups excluding carboxylic acids is 1. The maximum atomic E-state index is 11.6. The zero-order valence-corrected chi connectivity index (χ0v) is 14.4. The van der Waals surface area contributed by atoms with E-state index >= 15 is 0 Å². The second-order valence-corrected chi connectivity index (χ2v) is 6.21. The Morgan fingerprint density at radius 3 is 3.00 bits per heavy atom. The highest BCUT2D eigenvalue weighted by atomic mass is 35.5. The number of rotatable bonds is 5. The molecule has 2 N–H and O–H groups in total. The van der Waals surface area contributed by atoms with Gasteiger partial charge in [-0.25, -0.2) is 4.98 Å². The molecule has 2 aromatic rings. The summed E-state index contributed by atoms with van der Waals surface area (Å²) in [6.07, 6.45) is 7.07. The quantitative estimate of drug-likeness (QED) is 0.858. The van der Waals surface area contributed by atoms with E-state index in [1.54, 1.807) is 24.0 Å². The fourth-order valence-corrected chi connectivity index (χ4v) is 3.00. The van der Waals surface area contributed by atoms with Gasteiger partial charge in [-0.2, -0.15) is 10.1 Å². The lowest BCUT2D eigenvalue weighted by molar-refractivity contribution is -0.129. The van der Waals surface area contributed by atoms with Crippen molar-refractivity contribution in [2.24, 2.45) is 7.05 Å². The Kier molecular flexibility index (Phi) is 4.84. The number of amides is 1. The molecule has 0 aromatic carbocycles. The van der Waals surface area contributed by atoms with Crippen LogP contribution in [0.15, 0.2) is 18.6 Å². The molecule has 0 aliphatic carbocycles. The van der Waals surface area contributed by atoms with E-state index in [0.717, 1.165) is 25.1 Å². The minimum Gasteiger partial charge on any atom is -0.367 e. The normalized spacial score (nSPS) is 17.1. The summed E-state index contributed by atoms with van der Waals surface area (Å²) in [6, 6.07) is 0.170. The molecule has 0 saturated carbocycles. The van der Waals surface area contributed by atoms with E-state index in [9.17, 15) is 4.79 Å². The average molecular weight is 350 g/mol. The van der Waals surface area contributed by atoms with Crippen LogP contribution in [0.3, 0.4) is 0 Å². The van der Waals surface area contributed by atoms with Crippen molar-refractivity contribution in [3.05, 3.63) is 23.6 Å². The number of hydrogen-bond donors (Lipinski definition) is 2. The van der Waals surface area contributed by atoms with Crippen LogP contribution in [0, 0.1) is 0 Å². The molecule has 1 unspecified atom stereocenters. The largest absolute Gasteiger partial charge is 0.367 e. The molecule has 0 radical (unpaired) electrons. The van der Waals surface area contributed by atoms with Crippen LogP contribution in [0.2, 0.25) is 5.02 Å². The number of aromatic nitrogens is 4. The zero-order valence-electron chi connectivity index (χ0n) is 13.7. The lowest BCUT2D eigenvalue weighted by Crippen LogP contribution is -2.38. The maximum absolute atomic E-state index is 11.6. The number of nitrogens with zero attached hydrogens (tertiary/aromatic N) is 5. The summed E-state index contributed by atoms with van der Waals surface area (Å²) in [4.78, 5) is 22.1. The van der Waals surface area contributed by atoms with Gasteiger partial charge in [-0.15, -0.1) is 0 Å². The second kappa shape index (κ2) is 7.04. The Morgan fingerprint density at radius 1 is 1.46 bits per heavy atom. The number of nitrogens with one attached hydrogen (secondary N) is 2. The summed E-state index contributed by atoms with van der Waals surface area (Å²) >= 11 is 6.18. The summed E-state index contributed by atoms with van der Waals surface area (Å²) in [5, 5.41) is 10.8. The third kappa shape index (κ3) is 3.76. The summed E-state index contributed by atoms with van der Waals surface area (Å²) in [5.41, 5.74) is 0.796. The molecule has 128 valence electrons. The molecule has 3 heterocycles. The van der Waals surface area contributed by atoms with Gasteiger partial charge < -0.3 is 15.5 Å². The van der Waals surface area contributed by atoms with Crippen LogP contribution >= 0.6 is 11.6 Å². The van der Waals surface area contributed by atoms with Gasteiger partial charge in [-0.1, -0.05) is 11.6 Å². The number of halogens is 1. The van der Waals surface area contributed by atoms with Gasteiger partial charge in [0.15, 0.2) is 5.82 Å². The van der Waals surface area contributed by atoms with E-state index in [-0.39, 0.29) is 11.9 Å². The molecule has 1 fully saturated rings. The van der Waals surface area contributed by atoms with Crippen molar-refractivity contribution in [1.82, 2.24) is 24.6 Å². The molecule has 1 atom stereocenters. The Balaban J connectivity index is 1.66. The highest BCUT2D eigenvalue weighted by Crippen LogP contribution is 2.23. The molecule has 1 amide bonds. The van der Waals surface area contributed by atoms with E-state index in [4.69, 9.17) is 11.6 Å². The first-order chi connectivity index (χ1) is 11.5. The van der Waals surface area contributed by atoms with Crippen LogP contribution < -0.4 is 10.6 Å². The maximum Gasteiger partial charge on any atom is 0.229 e. The highest BCUT2D eigenvalue weighted by molar-refractivity contribution is 6.32. The molecule has 9 heteroatoms. The molecule has 3 rings (SSSR count). The molecule has 2 aromatic heterocycles. The SMILES string of the molecule is CC(=O)N1CCCC1CNc1nc(Nc2cnn(C)c2)ncc1Cl. The van der Waals surface area contributed by atoms with Crippen LogP contribution in [0.5, 0.6) is 0 Å². The first kappa shape index (κ1) is 16.5. The van der Waals surface area contributed by atoms with Crippen molar-refractivity contribution < 1.29 is 4.79 Å². The average Bonchev–Trinajstić information content (AvgIpc) is 3.16. The molecule has 1 aliphatic heterocycles. The summed E-state index contributed by atoms with van der Waals surface area (Å²) in [7, 11) is 1.84. The fourth-order valence-electron chi connectivity index (χ4n) is 2.84. The summed E-state index contributed by atoms with van der Waals surface area (Å²) < 4.78 is 1.69. The summed E-state index contributed by atoms with van der Waals surface area (Å²) in [5.74, 6) is 1.09. The number of anilines is 3. The predicted octanol–water partition coefficient (Wildman–Crippen LogP) is 2.03. The molecular formula is C15H20ClN7O. The first-order valence-corrected chi connectivity index (χ1v) is 8.20. The van der Waals surface area contributed by atoms with Gasteiger partial charge in [0.25, 0.3) is 0 Å². The van der Waals surface area contributed by atoms with Crippen molar-refractivity contribution in [3.63, 3.8) is 0 Å². The lowest BCUT2D eigenvalue weighted by Gasteiger charge is -2.23. The Labute approximate surface area is 145 Å². The van der Waals surface area contributed by atoms with E-state index in [0.29, 0.717) is 23.3 Å². The molecular weight excluding hydrogens is 330 g/mol. The van der Waals surface area contributed by atoms with E-state index in [1.807, 2.05) is 18.1 Å². The van der Waals surface area contributed by atoms with Crippen LogP contribution in [-0.2, 0) is 11.8 Å². The Hall–Kier alpha value is -2.35. The van der Waals surface area contributed by atoms with Gasteiger partial charge in [0.1, 0.15) is 5.02 Å². The number of hydrogen-bond acceptors (Lipinski definition) is 6. The van der Waals surface area contributed by atoms with Gasteiger partial charge in [0, 0.05) is 39.3 Å². The van der Waals surface area contributed by atoms with Gasteiger partial charge in [-0.05, 0) is 12.8 Å². The molecule has 0 spiro atoms. The van der Waals surface area contributed by atoms with Crippen molar-refractivity contribution in [2.75, 3.05) is 23.7 Å². The van der Waals surface area contributed by atoms with Crippen molar-refractivity contribution in [2.45, 2.75) is 25.8 Å². The predicted molar refractivity (Wildman–Crippen MR) is 92.4 cm³/mol. The number of carbonyl (C=O) groups is 1. The Morgan fingerprint density at radius 2 is 2.29 bits per heavy atom. The first-order valence-electron chi connectivity index (χ1n) is 7.82. The smallest absolute Gasteiger partial charge is 0.229 e. The van der Waals surface area contributed by atoms with Gasteiger partial charge >= 0.3 is 0 Å². The fraction of sp³-hybridized carbons (Fsp3) is 0.467. The van der Waals surface area contributed by atoms with Crippen LogP contribution in [0.1, 0.15) is 19.8 Å². The highest BCUT2D eigenvalue weighted by Gasteiger charge is 2.26. The van der Waals surface area contributed by atoms with E-state index < -0.39 is 0 Å². The molecule has 0 bridgehead atoms. The second-order valence-electron chi connectivity index (χ2n) is 5.81. The third-order valence-corrected chi connectivity index (χ3v) is 4.27. The zero-order chi connectivity index (χ0) is 17.1. The third-order valence-electron chi connectivity index (χ3n) is 3.99. The topological polar surface area (TPSA) is 88.0 Å².